The summed E-state index contributed by atoms with van der Waals surface area (Å²) < 4.78 is 5.65. The lowest BCUT2D eigenvalue weighted by Gasteiger charge is -2.29. The number of hydrogen-bond acceptors (Lipinski definition) is 2. The van der Waals surface area contributed by atoms with Crippen LogP contribution in [0, 0.1) is 0 Å². The van der Waals surface area contributed by atoms with E-state index in [1.54, 1.807) is 0 Å². The maximum absolute atomic E-state index is 5.65. The SMILES string of the molecule is CCC1CNCC([B]P)O1. The van der Waals surface area contributed by atoms with Gasteiger partial charge in [-0.2, -0.15) is 9.12 Å². The summed E-state index contributed by atoms with van der Waals surface area (Å²) >= 11 is 0. The van der Waals surface area contributed by atoms with Gasteiger partial charge in [-0.1, -0.05) is 6.92 Å². The fraction of sp³-hybridized carbons (Fsp3) is 1.00. The molecule has 0 spiro atoms. The van der Waals surface area contributed by atoms with Crippen LogP contribution >= 0.6 is 9.12 Å². The lowest BCUT2D eigenvalue weighted by molar-refractivity contribution is 0.00230. The van der Waals surface area contributed by atoms with E-state index in [9.17, 15) is 0 Å². The fourth-order valence-corrected chi connectivity index (χ4v) is 1.31. The highest BCUT2D eigenvalue weighted by Gasteiger charge is 2.18. The second-order valence-corrected chi connectivity index (χ2v) is 2.94. The summed E-state index contributed by atoms with van der Waals surface area (Å²) in [5.41, 5.74) is 0. The van der Waals surface area contributed by atoms with Gasteiger partial charge in [0.25, 0.3) is 0 Å². The minimum Gasteiger partial charge on any atom is -0.381 e. The van der Waals surface area contributed by atoms with Crippen molar-refractivity contribution in [1.29, 1.82) is 0 Å². The van der Waals surface area contributed by atoms with Gasteiger partial charge in [-0.25, -0.2) is 0 Å². The molecule has 0 aliphatic carbocycles. The van der Waals surface area contributed by atoms with E-state index in [4.69, 9.17) is 4.74 Å². The predicted octanol–water partition coefficient (Wildman–Crippen LogP) is 0.205. The van der Waals surface area contributed by atoms with E-state index >= 15 is 0 Å². The molecular formula is C6H14BNOP. The van der Waals surface area contributed by atoms with Crippen molar-refractivity contribution < 1.29 is 4.74 Å². The molecule has 1 N–H and O–H groups in total. The molecule has 1 fully saturated rings. The van der Waals surface area contributed by atoms with Gasteiger partial charge in [0.05, 0.1) is 6.10 Å². The maximum Gasteiger partial charge on any atom is 0.178 e. The standard InChI is InChI=1S/C6H14BNOP/c1-2-5-3-8-4-6(7-10)9-5/h5-6,8H,2-4,10H2,1H3. The van der Waals surface area contributed by atoms with E-state index in [-0.39, 0.29) is 0 Å². The van der Waals surface area contributed by atoms with Gasteiger partial charge >= 0.3 is 0 Å². The average molecular weight is 158 g/mol. The summed E-state index contributed by atoms with van der Waals surface area (Å²) in [6.07, 6.45) is 1.51. The molecule has 0 saturated carbocycles. The van der Waals surface area contributed by atoms with Crippen LogP contribution in [0.4, 0.5) is 0 Å². The van der Waals surface area contributed by atoms with Crippen LogP contribution in [0.2, 0.25) is 0 Å². The van der Waals surface area contributed by atoms with Crippen LogP contribution in [0.25, 0.3) is 0 Å². The molecule has 10 heavy (non-hydrogen) atoms. The van der Waals surface area contributed by atoms with E-state index in [0.29, 0.717) is 12.1 Å². The zero-order valence-corrected chi connectivity index (χ0v) is 7.49. The van der Waals surface area contributed by atoms with Crippen LogP contribution in [0.3, 0.4) is 0 Å². The smallest absolute Gasteiger partial charge is 0.178 e. The van der Waals surface area contributed by atoms with Crippen molar-refractivity contribution in [2.45, 2.75) is 25.5 Å². The van der Waals surface area contributed by atoms with Gasteiger partial charge in [-0.15, -0.1) is 0 Å². The third-order valence-electron chi connectivity index (χ3n) is 1.75. The quantitative estimate of drug-likeness (QED) is 0.458. The maximum atomic E-state index is 5.65. The number of rotatable bonds is 2. The van der Waals surface area contributed by atoms with Gasteiger partial charge in [0, 0.05) is 19.1 Å². The van der Waals surface area contributed by atoms with Crippen molar-refractivity contribution >= 4 is 16.1 Å². The molecule has 1 rings (SSSR count). The zero-order chi connectivity index (χ0) is 7.40. The Balaban J connectivity index is 2.25. The number of nitrogens with one attached hydrogen (secondary N) is 1. The molecule has 0 aromatic heterocycles. The van der Waals surface area contributed by atoms with Crippen molar-refractivity contribution in [2.75, 3.05) is 13.1 Å². The molecule has 1 saturated heterocycles. The highest BCUT2D eigenvalue weighted by atomic mass is 31.0. The summed E-state index contributed by atoms with van der Waals surface area (Å²) in [5, 5.41) is 3.32. The van der Waals surface area contributed by atoms with Crippen molar-refractivity contribution in [3.8, 4) is 0 Å². The lowest BCUT2D eigenvalue weighted by atomic mass is 9.96. The highest BCUT2D eigenvalue weighted by molar-refractivity contribution is 7.56. The Kier molecular flexibility index (Phi) is 3.68. The lowest BCUT2D eigenvalue weighted by Crippen LogP contribution is -2.45. The van der Waals surface area contributed by atoms with Gasteiger partial charge in [0.2, 0.25) is 0 Å². The Labute approximate surface area is 65.5 Å². The van der Waals surface area contributed by atoms with Gasteiger partial charge < -0.3 is 10.1 Å². The first-order valence-electron chi connectivity index (χ1n) is 3.78. The van der Waals surface area contributed by atoms with Gasteiger partial charge in [0.15, 0.2) is 7.00 Å². The molecular weight excluding hydrogens is 144 g/mol. The predicted molar refractivity (Wildman–Crippen MR) is 47.3 cm³/mol. The summed E-state index contributed by atoms with van der Waals surface area (Å²) in [6, 6.07) is 0.295. The van der Waals surface area contributed by atoms with Crippen molar-refractivity contribution in [1.82, 2.24) is 5.32 Å². The van der Waals surface area contributed by atoms with Crippen LogP contribution in [-0.4, -0.2) is 32.2 Å². The van der Waals surface area contributed by atoms with E-state index < -0.39 is 0 Å². The first-order chi connectivity index (χ1) is 4.86. The van der Waals surface area contributed by atoms with E-state index in [1.165, 1.54) is 0 Å². The van der Waals surface area contributed by atoms with Crippen LogP contribution in [0.15, 0.2) is 0 Å². The Hall–Kier alpha value is 0.415. The summed E-state index contributed by atoms with van der Waals surface area (Å²) in [6.45, 7) is 6.14. The fourth-order valence-electron chi connectivity index (χ4n) is 1.08. The number of ether oxygens (including phenoxy) is 1. The molecule has 3 atom stereocenters. The third-order valence-corrected chi connectivity index (χ3v) is 2.18. The van der Waals surface area contributed by atoms with Crippen molar-refractivity contribution in [2.24, 2.45) is 0 Å². The molecule has 1 heterocycles. The van der Waals surface area contributed by atoms with Crippen molar-refractivity contribution in [3.63, 3.8) is 0 Å². The minimum absolute atomic E-state index is 0.295. The third kappa shape index (κ3) is 2.23. The monoisotopic (exact) mass is 158 g/mol. The summed E-state index contributed by atoms with van der Waals surface area (Å²) in [7, 11) is 2.59. The second-order valence-electron chi connectivity index (χ2n) is 2.56. The number of morpholine rings is 1. The van der Waals surface area contributed by atoms with Gasteiger partial charge in [0.1, 0.15) is 0 Å². The molecule has 0 amide bonds. The van der Waals surface area contributed by atoms with Gasteiger partial charge in [-0.3, -0.25) is 0 Å². The van der Waals surface area contributed by atoms with Crippen LogP contribution in [0.5, 0.6) is 0 Å². The topological polar surface area (TPSA) is 21.3 Å². The van der Waals surface area contributed by atoms with Crippen LogP contribution < -0.4 is 5.32 Å². The molecule has 4 heteroatoms. The van der Waals surface area contributed by atoms with E-state index in [0.717, 1.165) is 19.5 Å². The van der Waals surface area contributed by atoms with Crippen LogP contribution in [-0.2, 0) is 4.74 Å². The Morgan fingerprint density at radius 1 is 1.70 bits per heavy atom. The molecule has 57 valence electrons. The first kappa shape index (κ1) is 8.51. The zero-order valence-electron chi connectivity index (χ0n) is 6.34. The summed E-state index contributed by atoms with van der Waals surface area (Å²) in [4.78, 5) is 0. The first-order valence-corrected chi connectivity index (χ1v) is 4.44. The largest absolute Gasteiger partial charge is 0.381 e. The molecule has 0 bridgehead atoms. The average Bonchev–Trinajstić information content (AvgIpc) is 2.05. The molecule has 0 aromatic rings. The molecule has 1 aliphatic rings. The summed E-state index contributed by atoms with van der Waals surface area (Å²) in [5.74, 6) is 0. The van der Waals surface area contributed by atoms with Crippen molar-refractivity contribution in [3.05, 3.63) is 0 Å². The van der Waals surface area contributed by atoms with E-state index in [1.807, 2.05) is 7.00 Å². The minimum atomic E-state index is 0.295. The molecule has 2 nitrogen and oxygen atoms in total. The van der Waals surface area contributed by atoms with Gasteiger partial charge in [-0.05, 0) is 6.42 Å². The Morgan fingerprint density at radius 2 is 2.50 bits per heavy atom. The van der Waals surface area contributed by atoms with Crippen LogP contribution in [0.1, 0.15) is 13.3 Å². The molecule has 0 aromatic carbocycles. The van der Waals surface area contributed by atoms with E-state index in [2.05, 4.69) is 21.4 Å². The number of hydrogen-bond donors (Lipinski definition) is 1. The Morgan fingerprint density at radius 3 is 3.10 bits per heavy atom. The normalized spacial score (nSPS) is 33.8. The molecule has 1 radical (unpaired) electrons. The second kappa shape index (κ2) is 4.33. The molecule has 1 aliphatic heterocycles. The Bertz CT molecular complexity index is 93.7. The molecule has 3 unspecified atom stereocenters. The highest BCUT2D eigenvalue weighted by Crippen LogP contribution is 2.06.